The molecule has 0 saturated carbocycles. The molecule has 5 heteroatoms. The summed E-state index contributed by atoms with van der Waals surface area (Å²) in [5, 5.41) is 12.3. The van der Waals surface area contributed by atoms with Crippen LogP contribution in [-0.2, 0) is 9.22 Å². The Balaban J connectivity index is 2.64. The van der Waals surface area contributed by atoms with E-state index in [-0.39, 0.29) is 23.6 Å². The molecule has 1 fully saturated rings. The highest BCUT2D eigenvalue weighted by Crippen LogP contribution is 2.38. The molecule has 0 aromatic rings. The summed E-state index contributed by atoms with van der Waals surface area (Å²) < 4.78 is 6.29. The van der Waals surface area contributed by atoms with E-state index in [9.17, 15) is 4.79 Å². The maximum atomic E-state index is 10.8. The highest BCUT2D eigenvalue weighted by molar-refractivity contribution is 6.74. The zero-order chi connectivity index (χ0) is 13.3. The van der Waals surface area contributed by atoms with Crippen LogP contribution < -0.4 is 5.32 Å². The monoisotopic (exact) mass is 259 g/mol. The third kappa shape index (κ3) is 3.79. The molecule has 1 aliphatic heterocycles. The van der Waals surface area contributed by atoms with Gasteiger partial charge in [-0.05, 0) is 31.1 Å². The Kier molecular flexibility index (Phi) is 4.38. The van der Waals surface area contributed by atoms with Crippen molar-refractivity contribution >= 4 is 14.3 Å². The van der Waals surface area contributed by atoms with Gasteiger partial charge in [-0.1, -0.05) is 20.8 Å². The summed E-state index contributed by atoms with van der Waals surface area (Å²) in [4.78, 5) is 10.8. The third-order valence-corrected chi connectivity index (χ3v) is 8.44. The second kappa shape index (κ2) is 5.08. The number of hydrogen-bond acceptors (Lipinski definition) is 3. The topological polar surface area (TPSA) is 58.6 Å². The lowest BCUT2D eigenvalue weighted by Gasteiger charge is -2.39. The van der Waals surface area contributed by atoms with Gasteiger partial charge in [-0.2, -0.15) is 0 Å². The molecule has 1 rings (SSSR count). The lowest BCUT2D eigenvalue weighted by Crippen LogP contribution is -2.47. The lowest BCUT2D eigenvalue weighted by molar-refractivity contribution is -0.138. The average molecular weight is 259 g/mol. The van der Waals surface area contributed by atoms with Gasteiger partial charge < -0.3 is 14.8 Å². The molecule has 0 amide bonds. The molecule has 100 valence electrons. The third-order valence-electron chi connectivity index (χ3n) is 3.93. The van der Waals surface area contributed by atoms with Gasteiger partial charge >= 0.3 is 5.97 Å². The van der Waals surface area contributed by atoms with Crippen LogP contribution in [0.15, 0.2) is 0 Å². The van der Waals surface area contributed by atoms with Crippen LogP contribution in [0.1, 0.15) is 33.6 Å². The van der Waals surface area contributed by atoms with E-state index >= 15 is 0 Å². The zero-order valence-electron chi connectivity index (χ0n) is 11.5. The summed E-state index contributed by atoms with van der Waals surface area (Å²) in [6.07, 6.45) is 1.14. The highest BCUT2D eigenvalue weighted by Gasteiger charge is 2.42. The maximum Gasteiger partial charge on any atom is 0.305 e. The molecule has 1 aliphatic rings. The summed E-state index contributed by atoms with van der Waals surface area (Å²) in [6, 6.07) is -0.0263. The predicted octanol–water partition coefficient (Wildman–Crippen LogP) is 2.21. The minimum Gasteiger partial charge on any atom is -0.481 e. The van der Waals surface area contributed by atoms with E-state index in [0.717, 1.165) is 13.0 Å². The molecule has 0 spiro atoms. The molecule has 0 aromatic heterocycles. The van der Waals surface area contributed by atoms with Crippen LogP contribution in [-0.4, -0.2) is 38.1 Å². The minimum absolute atomic E-state index is 0.0263. The van der Waals surface area contributed by atoms with Crippen LogP contribution in [0.3, 0.4) is 0 Å². The van der Waals surface area contributed by atoms with Crippen molar-refractivity contribution in [1.82, 2.24) is 5.32 Å². The van der Waals surface area contributed by atoms with Gasteiger partial charge in [-0.25, -0.2) is 0 Å². The quantitative estimate of drug-likeness (QED) is 0.760. The molecule has 0 aliphatic carbocycles. The maximum absolute atomic E-state index is 10.8. The Morgan fingerprint density at radius 2 is 2.06 bits per heavy atom. The van der Waals surface area contributed by atoms with Crippen LogP contribution in [0.5, 0.6) is 0 Å². The molecule has 0 bridgehead atoms. The average Bonchev–Trinajstić information content (AvgIpc) is 2.48. The molecular formula is C12H25NO3Si. The van der Waals surface area contributed by atoms with E-state index in [4.69, 9.17) is 9.53 Å². The minimum atomic E-state index is -1.80. The van der Waals surface area contributed by atoms with Gasteiger partial charge in [0.15, 0.2) is 8.32 Å². The van der Waals surface area contributed by atoms with Crippen LogP contribution in [0, 0.1) is 0 Å². The number of rotatable bonds is 4. The molecule has 0 aromatic carbocycles. The Hall–Kier alpha value is -0.393. The van der Waals surface area contributed by atoms with Gasteiger partial charge in [0.25, 0.3) is 0 Å². The van der Waals surface area contributed by atoms with Crippen LogP contribution in [0.25, 0.3) is 0 Å². The Bertz CT molecular complexity index is 286. The molecule has 17 heavy (non-hydrogen) atoms. The first kappa shape index (κ1) is 14.7. The second-order valence-electron chi connectivity index (χ2n) is 6.36. The number of hydrogen-bond donors (Lipinski definition) is 2. The fourth-order valence-corrected chi connectivity index (χ4v) is 3.22. The summed E-state index contributed by atoms with van der Waals surface area (Å²) in [5.74, 6) is -0.756. The lowest BCUT2D eigenvalue weighted by atomic mass is 10.1. The van der Waals surface area contributed by atoms with Gasteiger partial charge in [0.2, 0.25) is 0 Å². The Labute approximate surface area is 105 Å². The first-order valence-electron chi connectivity index (χ1n) is 6.26. The number of carboxylic acids is 1. The summed E-state index contributed by atoms with van der Waals surface area (Å²) in [6.45, 7) is 11.9. The van der Waals surface area contributed by atoms with E-state index in [1.54, 1.807) is 0 Å². The number of aliphatic carboxylic acids is 1. The molecular weight excluding hydrogens is 234 g/mol. The van der Waals surface area contributed by atoms with Crippen molar-refractivity contribution in [2.24, 2.45) is 0 Å². The molecule has 1 heterocycles. The standard InChI is InChI=1S/C12H25NO3Si/c1-12(2,3)17(4,5)16-10-6-7-13-9(10)8-11(14)15/h9-10,13H,6-8H2,1-5H3,(H,14,15). The van der Waals surface area contributed by atoms with Crippen molar-refractivity contribution in [1.29, 1.82) is 0 Å². The van der Waals surface area contributed by atoms with E-state index in [0.29, 0.717) is 0 Å². The molecule has 0 radical (unpaired) electrons. The van der Waals surface area contributed by atoms with E-state index < -0.39 is 14.3 Å². The Morgan fingerprint density at radius 3 is 2.53 bits per heavy atom. The van der Waals surface area contributed by atoms with E-state index in [2.05, 4.69) is 39.2 Å². The van der Waals surface area contributed by atoms with Crippen molar-refractivity contribution in [3.8, 4) is 0 Å². The van der Waals surface area contributed by atoms with Gasteiger partial charge in [0.1, 0.15) is 0 Å². The summed E-state index contributed by atoms with van der Waals surface area (Å²) in [7, 11) is -1.80. The molecule has 2 atom stereocenters. The highest BCUT2D eigenvalue weighted by atomic mass is 28.4. The summed E-state index contributed by atoms with van der Waals surface area (Å²) >= 11 is 0. The normalized spacial score (nSPS) is 26.2. The SMILES string of the molecule is CC(C)(C)[Si](C)(C)OC1CCNC1CC(=O)O. The van der Waals surface area contributed by atoms with Crippen molar-refractivity contribution in [2.45, 2.75) is 63.9 Å². The fraction of sp³-hybridized carbons (Fsp3) is 0.917. The van der Waals surface area contributed by atoms with Gasteiger partial charge in [-0.15, -0.1) is 0 Å². The first-order chi connectivity index (χ1) is 7.63. The van der Waals surface area contributed by atoms with Gasteiger partial charge in [0, 0.05) is 6.04 Å². The molecule has 2 N–H and O–H groups in total. The Morgan fingerprint density at radius 1 is 1.47 bits per heavy atom. The van der Waals surface area contributed by atoms with Gasteiger partial charge in [0.05, 0.1) is 12.5 Å². The van der Waals surface area contributed by atoms with Crippen molar-refractivity contribution < 1.29 is 14.3 Å². The number of carboxylic acid groups (broad SMARTS) is 1. The van der Waals surface area contributed by atoms with Crippen molar-refractivity contribution in [2.75, 3.05) is 6.54 Å². The van der Waals surface area contributed by atoms with Crippen molar-refractivity contribution in [3.63, 3.8) is 0 Å². The van der Waals surface area contributed by atoms with Crippen LogP contribution in [0.4, 0.5) is 0 Å². The van der Waals surface area contributed by atoms with Gasteiger partial charge in [-0.3, -0.25) is 4.79 Å². The number of nitrogens with one attached hydrogen (secondary N) is 1. The van der Waals surface area contributed by atoms with Crippen molar-refractivity contribution in [3.05, 3.63) is 0 Å². The molecule has 2 unspecified atom stereocenters. The number of carbonyl (C=O) groups is 1. The smallest absolute Gasteiger partial charge is 0.305 e. The zero-order valence-corrected chi connectivity index (χ0v) is 12.5. The second-order valence-corrected chi connectivity index (χ2v) is 11.1. The molecule has 4 nitrogen and oxygen atoms in total. The van der Waals surface area contributed by atoms with Crippen LogP contribution in [0.2, 0.25) is 18.1 Å². The largest absolute Gasteiger partial charge is 0.481 e. The van der Waals surface area contributed by atoms with E-state index in [1.165, 1.54) is 0 Å². The first-order valence-corrected chi connectivity index (χ1v) is 9.17. The molecule has 1 saturated heterocycles. The predicted molar refractivity (Wildman–Crippen MR) is 70.7 cm³/mol. The fourth-order valence-electron chi connectivity index (χ4n) is 1.83. The van der Waals surface area contributed by atoms with Crippen LogP contribution >= 0.6 is 0 Å². The van der Waals surface area contributed by atoms with E-state index in [1.807, 2.05) is 0 Å². The summed E-state index contributed by atoms with van der Waals surface area (Å²) in [5.41, 5.74) is 0.